The molecule has 1 fully saturated rings. The summed E-state index contributed by atoms with van der Waals surface area (Å²) in [5.74, 6) is 1.05. The van der Waals surface area contributed by atoms with E-state index in [1.807, 2.05) is 12.3 Å². The molecule has 3 heterocycles. The zero-order chi connectivity index (χ0) is 15.8. The van der Waals surface area contributed by atoms with Gasteiger partial charge >= 0.3 is 0 Å². The number of imidazole rings is 1. The summed E-state index contributed by atoms with van der Waals surface area (Å²) in [5, 5.41) is 0. The highest BCUT2D eigenvalue weighted by Crippen LogP contribution is 2.32. The number of aryl methyl sites for hydroxylation is 2. The molecular weight excluding hydrogens is 284 g/mol. The average molecular weight is 306 g/mol. The number of fused-ring (bicyclic) bond motifs is 1. The Morgan fingerprint density at radius 1 is 1.22 bits per heavy atom. The molecule has 1 unspecified atom stereocenters. The summed E-state index contributed by atoms with van der Waals surface area (Å²) in [7, 11) is 0. The third kappa shape index (κ3) is 2.63. The van der Waals surface area contributed by atoms with Crippen molar-refractivity contribution in [1.29, 1.82) is 0 Å². The molecule has 0 saturated carbocycles. The van der Waals surface area contributed by atoms with Crippen LogP contribution in [0.25, 0.3) is 11.0 Å². The van der Waals surface area contributed by atoms with Crippen LogP contribution in [0, 0.1) is 13.8 Å². The van der Waals surface area contributed by atoms with Crippen LogP contribution in [0.1, 0.15) is 41.5 Å². The molecule has 1 aromatic carbocycles. The molecule has 4 rings (SSSR count). The predicted molar refractivity (Wildman–Crippen MR) is 92.2 cm³/mol. The molecule has 0 spiro atoms. The normalized spacial score (nSPS) is 18.8. The lowest BCUT2D eigenvalue weighted by atomic mass is 10.1. The molecule has 2 aromatic heterocycles. The molecular formula is C19H22N4. The number of benzene rings is 1. The second kappa shape index (κ2) is 5.78. The molecule has 1 atom stereocenters. The number of likely N-dealkylation sites (tertiary alicyclic amines) is 1. The van der Waals surface area contributed by atoms with Crippen LogP contribution in [0.5, 0.6) is 0 Å². The van der Waals surface area contributed by atoms with Gasteiger partial charge in [0.05, 0.1) is 29.3 Å². The fourth-order valence-electron chi connectivity index (χ4n) is 3.56. The van der Waals surface area contributed by atoms with E-state index in [1.165, 1.54) is 29.7 Å². The van der Waals surface area contributed by atoms with Gasteiger partial charge in [0.2, 0.25) is 0 Å². The van der Waals surface area contributed by atoms with E-state index in [0.717, 1.165) is 29.9 Å². The standard InChI is InChI=1S/C19H22N4/c1-13-8-9-16-19(14(13)2)22-18(21-16)12-23-11-5-7-17(23)15-6-3-4-10-20-15/h3-4,6,8-10,17H,5,7,11-12H2,1-2H3,(H,21,22). The van der Waals surface area contributed by atoms with Gasteiger partial charge in [-0.3, -0.25) is 9.88 Å². The van der Waals surface area contributed by atoms with Crippen molar-refractivity contribution in [3.05, 3.63) is 59.2 Å². The van der Waals surface area contributed by atoms with Crippen molar-refractivity contribution in [2.75, 3.05) is 6.54 Å². The minimum Gasteiger partial charge on any atom is -0.341 e. The van der Waals surface area contributed by atoms with Crippen LogP contribution < -0.4 is 0 Å². The third-order valence-corrected chi connectivity index (χ3v) is 4.97. The maximum atomic E-state index is 4.85. The lowest BCUT2D eigenvalue weighted by Gasteiger charge is -2.22. The van der Waals surface area contributed by atoms with Crippen molar-refractivity contribution in [2.24, 2.45) is 0 Å². The number of hydrogen-bond acceptors (Lipinski definition) is 3. The van der Waals surface area contributed by atoms with Crippen LogP contribution in [0.2, 0.25) is 0 Å². The van der Waals surface area contributed by atoms with E-state index in [-0.39, 0.29) is 0 Å². The summed E-state index contributed by atoms with van der Waals surface area (Å²) >= 11 is 0. The van der Waals surface area contributed by atoms with Gasteiger partial charge in [-0.15, -0.1) is 0 Å². The quantitative estimate of drug-likeness (QED) is 0.798. The maximum absolute atomic E-state index is 4.85. The number of aromatic amines is 1. The van der Waals surface area contributed by atoms with E-state index in [4.69, 9.17) is 4.98 Å². The van der Waals surface area contributed by atoms with Crippen molar-refractivity contribution in [1.82, 2.24) is 19.9 Å². The fourth-order valence-corrected chi connectivity index (χ4v) is 3.56. The summed E-state index contributed by atoms with van der Waals surface area (Å²) < 4.78 is 0. The monoisotopic (exact) mass is 306 g/mol. The van der Waals surface area contributed by atoms with E-state index in [0.29, 0.717) is 6.04 Å². The van der Waals surface area contributed by atoms with Crippen LogP contribution in [0.15, 0.2) is 36.5 Å². The Kier molecular flexibility index (Phi) is 3.62. The number of rotatable bonds is 3. The Bertz CT molecular complexity index is 822. The van der Waals surface area contributed by atoms with E-state index >= 15 is 0 Å². The molecule has 23 heavy (non-hydrogen) atoms. The number of hydrogen-bond donors (Lipinski definition) is 1. The summed E-state index contributed by atoms with van der Waals surface area (Å²) in [6, 6.07) is 10.9. The van der Waals surface area contributed by atoms with Gasteiger partial charge in [0, 0.05) is 6.20 Å². The highest BCUT2D eigenvalue weighted by molar-refractivity contribution is 5.79. The summed E-state index contributed by atoms with van der Waals surface area (Å²) in [6.07, 6.45) is 4.29. The Morgan fingerprint density at radius 2 is 2.13 bits per heavy atom. The Labute approximate surface area is 136 Å². The largest absolute Gasteiger partial charge is 0.341 e. The zero-order valence-electron chi connectivity index (χ0n) is 13.7. The minimum atomic E-state index is 0.409. The first-order chi connectivity index (χ1) is 11.2. The highest BCUT2D eigenvalue weighted by Gasteiger charge is 2.27. The van der Waals surface area contributed by atoms with Gasteiger partial charge in [-0.05, 0) is 62.6 Å². The van der Waals surface area contributed by atoms with Gasteiger partial charge in [0.15, 0.2) is 0 Å². The number of nitrogens with zero attached hydrogens (tertiary/aromatic N) is 3. The van der Waals surface area contributed by atoms with Gasteiger partial charge in [-0.1, -0.05) is 12.1 Å². The maximum Gasteiger partial charge on any atom is 0.121 e. The van der Waals surface area contributed by atoms with E-state index in [1.54, 1.807) is 0 Å². The molecule has 4 nitrogen and oxygen atoms in total. The number of nitrogens with one attached hydrogen (secondary N) is 1. The summed E-state index contributed by atoms with van der Waals surface area (Å²) in [6.45, 7) is 6.25. The third-order valence-electron chi connectivity index (χ3n) is 4.97. The molecule has 0 aliphatic carbocycles. The van der Waals surface area contributed by atoms with Gasteiger partial charge in [-0.2, -0.15) is 0 Å². The smallest absolute Gasteiger partial charge is 0.121 e. The Hall–Kier alpha value is -2.20. The molecule has 1 saturated heterocycles. The van der Waals surface area contributed by atoms with E-state index in [2.05, 4.69) is 53.0 Å². The predicted octanol–water partition coefficient (Wildman–Crippen LogP) is 3.91. The molecule has 1 N–H and O–H groups in total. The van der Waals surface area contributed by atoms with Gasteiger partial charge in [0.1, 0.15) is 5.82 Å². The van der Waals surface area contributed by atoms with Crippen LogP contribution in [0.3, 0.4) is 0 Å². The van der Waals surface area contributed by atoms with Crippen LogP contribution in [0.4, 0.5) is 0 Å². The van der Waals surface area contributed by atoms with Crippen molar-refractivity contribution in [3.8, 4) is 0 Å². The highest BCUT2D eigenvalue weighted by atomic mass is 15.2. The fraction of sp³-hybridized carbons (Fsp3) is 0.368. The summed E-state index contributed by atoms with van der Waals surface area (Å²) in [4.78, 5) is 15.4. The van der Waals surface area contributed by atoms with Crippen molar-refractivity contribution >= 4 is 11.0 Å². The molecule has 1 aliphatic heterocycles. The first kappa shape index (κ1) is 14.4. The van der Waals surface area contributed by atoms with E-state index in [9.17, 15) is 0 Å². The molecule has 0 radical (unpaired) electrons. The van der Waals surface area contributed by atoms with Crippen molar-refractivity contribution < 1.29 is 0 Å². The molecule has 3 aromatic rings. The zero-order valence-corrected chi connectivity index (χ0v) is 13.7. The second-order valence-corrected chi connectivity index (χ2v) is 6.47. The lowest BCUT2D eigenvalue weighted by molar-refractivity contribution is 0.239. The van der Waals surface area contributed by atoms with Gasteiger partial charge < -0.3 is 4.98 Å². The van der Waals surface area contributed by atoms with Crippen LogP contribution in [-0.4, -0.2) is 26.4 Å². The van der Waals surface area contributed by atoms with Crippen molar-refractivity contribution in [2.45, 2.75) is 39.3 Å². The lowest BCUT2D eigenvalue weighted by Crippen LogP contribution is -2.24. The minimum absolute atomic E-state index is 0.409. The molecule has 0 amide bonds. The number of H-pyrrole nitrogens is 1. The summed E-state index contributed by atoms with van der Waals surface area (Å²) in [5.41, 5.74) is 5.98. The number of pyridine rings is 1. The van der Waals surface area contributed by atoms with E-state index < -0.39 is 0 Å². The first-order valence-electron chi connectivity index (χ1n) is 8.32. The topological polar surface area (TPSA) is 44.8 Å². The molecule has 4 heteroatoms. The SMILES string of the molecule is Cc1ccc2[nH]c(CN3CCCC3c3ccccn3)nc2c1C. The molecule has 0 bridgehead atoms. The van der Waals surface area contributed by atoms with Gasteiger partial charge in [0.25, 0.3) is 0 Å². The Morgan fingerprint density at radius 3 is 2.96 bits per heavy atom. The van der Waals surface area contributed by atoms with Crippen LogP contribution in [-0.2, 0) is 6.54 Å². The first-order valence-corrected chi connectivity index (χ1v) is 8.32. The van der Waals surface area contributed by atoms with Gasteiger partial charge in [-0.25, -0.2) is 4.98 Å². The van der Waals surface area contributed by atoms with Crippen molar-refractivity contribution in [3.63, 3.8) is 0 Å². The molecule has 1 aliphatic rings. The van der Waals surface area contributed by atoms with Crippen LogP contribution >= 0.6 is 0 Å². The number of aromatic nitrogens is 3. The Balaban J connectivity index is 1.61. The average Bonchev–Trinajstić information content (AvgIpc) is 3.19. The second-order valence-electron chi connectivity index (χ2n) is 6.47. The molecule has 118 valence electrons.